The minimum absolute atomic E-state index is 0.150. The number of β-amino-alcohol motifs (C(OH)–C–C–N with tert-alkyl or cyclic N) is 1. The van der Waals surface area contributed by atoms with Crippen molar-refractivity contribution in [2.75, 3.05) is 6.54 Å². The van der Waals surface area contributed by atoms with Gasteiger partial charge in [0.2, 0.25) is 0 Å². The van der Waals surface area contributed by atoms with E-state index in [0.717, 1.165) is 37.9 Å². The molecule has 0 bridgehead atoms. The maximum atomic E-state index is 13.0. The number of rotatable bonds is 4. The minimum atomic E-state index is -4.45. The van der Waals surface area contributed by atoms with Gasteiger partial charge in [0.1, 0.15) is 0 Å². The largest absolute Gasteiger partial charge is 0.417 e. The fourth-order valence-electron chi connectivity index (χ4n) is 2.97. The standard InChI is InChI=1S/C17H25F3N2O/c1-16(2,3)22-10-14(23)13-8-12(17(18,19)20)9-21-15(13)11-6-4-5-7-11/h8-9,11,14,22-23H,4-7,10H2,1-3H3/t14-/m0/s1. The molecule has 23 heavy (non-hydrogen) atoms. The Hall–Kier alpha value is -1.14. The van der Waals surface area contributed by atoms with Crippen LogP contribution < -0.4 is 5.32 Å². The van der Waals surface area contributed by atoms with E-state index < -0.39 is 17.8 Å². The highest BCUT2D eigenvalue weighted by atomic mass is 19.4. The summed E-state index contributed by atoms with van der Waals surface area (Å²) in [4.78, 5) is 4.08. The van der Waals surface area contributed by atoms with Crippen molar-refractivity contribution < 1.29 is 18.3 Å². The molecule has 0 amide bonds. The van der Waals surface area contributed by atoms with Crippen LogP contribution >= 0.6 is 0 Å². The van der Waals surface area contributed by atoms with Crippen LogP contribution in [-0.4, -0.2) is 22.2 Å². The van der Waals surface area contributed by atoms with E-state index in [2.05, 4.69) is 10.3 Å². The molecule has 2 N–H and O–H groups in total. The first-order valence-corrected chi connectivity index (χ1v) is 8.08. The highest BCUT2D eigenvalue weighted by Crippen LogP contribution is 2.38. The Kier molecular flexibility index (Phi) is 5.36. The van der Waals surface area contributed by atoms with E-state index in [1.165, 1.54) is 0 Å². The number of alkyl halides is 3. The van der Waals surface area contributed by atoms with Crippen LogP contribution in [0.15, 0.2) is 12.3 Å². The summed E-state index contributed by atoms with van der Waals surface area (Å²) in [6.45, 7) is 6.04. The summed E-state index contributed by atoms with van der Waals surface area (Å²) in [6.07, 6.45) is -0.601. The predicted octanol–water partition coefficient (Wildman–Crippen LogP) is 4.18. The van der Waals surface area contributed by atoms with E-state index in [1.54, 1.807) is 0 Å². The van der Waals surface area contributed by atoms with Gasteiger partial charge in [-0.15, -0.1) is 0 Å². The van der Waals surface area contributed by atoms with E-state index in [0.29, 0.717) is 11.3 Å². The Bertz CT molecular complexity index is 532. The lowest BCUT2D eigenvalue weighted by molar-refractivity contribution is -0.138. The number of aliphatic hydroxyl groups excluding tert-OH is 1. The van der Waals surface area contributed by atoms with Gasteiger partial charge in [0.05, 0.1) is 11.7 Å². The summed E-state index contributed by atoms with van der Waals surface area (Å²) in [5.41, 5.74) is -0.0879. The minimum Gasteiger partial charge on any atom is -0.387 e. The van der Waals surface area contributed by atoms with Crippen molar-refractivity contribution in [3.63, 3.8) is 0 Å². The normalized spacial score (nSPS) is 18.4. The molecule has 3 nitrogen and oxygen atoms in total. The molecule has 130 valence electrons. The van der Waals surface area contributed by atoms with Gasteiger partial charge in [0, 0.05) is 35.5 Å². The smallest absolute Gasteiger partial charge is 0.387 e. The molecule has 1 aliphatic rings. The number of hydrogen-bond acceptors (Lipinski definition) is 3. The Morgan fingerprint density at radius 2 is 1.87 bits per heavy atom. The van der Waals surface area contributed by atoms with Crippen molar-refractivity contribution in [2.45, 2.75) is 70.2 Å². The highest BCUT2D eigenvalue weighted by Gasteiger charge is 2.34. The quantitative estimate of drug-likeness (QED) is 0.870. The number of halogens is 3. The van der Waals surface area contributed by atoms with Gasteiger partial charge >= 0.3 is 6.18 Å². The highest BCUT2D eigenvalue weighted by molar-refractivity contribution is 5.32. The van der Waals surface area contributed by atoms with E-state index in [1.807, 2.05) is 20.8 Å². The number of nitrogens with zero attached hydrogens (tertiary/aromatic N) is 1. The summed E-state index contributed by atoms with van der Waals surface area (Å²) < 4.78 is 38.9. The summed E-state index contributed by atoms with van der Waals surface area (Å²) in [7, 11) is 0. The van der Waals surface area contributed by atoms with Crippen LogP contribution in [-0.2, 0) is 6.18 Å². The third-order valence-electron chi connectivity index (χ3n) is 4.20. The molecule has 1 aromatic heterocycles. The van der Waals surface area contributed by atoms with E-state index >= 15 is 0 Å². The lowest BCUT2D eigenvalue weighted by atomic mass is 9.94. The molecular formula is C17H25F3N2O. The van der Waals surface area contributed by atoms with Crippen molar-refractivity contribution in [3.05, 3.63) is 29.1 Å². The van der Waals surface area contributed by atoms with Gasteiger partial charge in [0.25, 0.3) is 0 Å². The predicted molar refractivity (Wildman–Crippen MR) is 83.2 cm³/mol. The van der Waals surface area contributed by atoms with Crippen LogP contribution in [0.25, 0.3) is 0 Å². The molecule has 0 spiro atoms. The van der Waals surface area contributed by atoms with Gasteiger partial charge in [-0.3, -0.25) is 4.98 Å². The molecule has 0 radical (unpaired) electrons. The topological polar surface area (TPSA) is 45.1 Å². The van der Waals surface area contributed by atoms with Gasteiger partial charge in [0.15, 0.2) is 0 Å². The zero-order valence-electron chi connectivity index (χ0n) is 13.9. The zero-order valence-corrected chi connectivity index (χ0v) is 13.9. The van der Waals surface area contributed by atoms with Gasteiger partial charge in [-0.2, -0.15) is 13.2 Å². The number of nitrogens with one attached hydrogen (secondary N) is 1. The molecule has 1 saturated carbocycles. The van der Waals surface area contributed by atoms with Gasteiger partial charge in [-0.1, -0.05) is 12.8 Å². The second-order valence-corrected chi connectivity index (χ2v) is 7.32. The van der Waals surface area contributed by atoms with E-state index in [-0.39, 0.29) is 18.0 Å². The third-order valence-corrected chi connectivity index (χ3v) is 4.20. The van der Waals surface area contributed by atoms with Gasteiger partial charge < -0.3 is 10.4 Å². The van der Waals surface area contributed by atoms with Crippen LogP contribution in [0, 0.1) is 0 Å². The molecule has 1 aliphatic carbocycles. The average Bonchev–Trinajstić information content (AvgIpc) is 2.96. The molecular weight excluding hydrogens is 305 g/mol. The maximum Gasteiger partial charge on any atom is 0.417 e. The molecule has 0 aromatic carbocycles. The Labute approximate surface area is 135 Å². The second-order valence-electron chi connectivity index (χ2n) is 7.32. The van der Waals surface area contributed by atoms with Crippen LogP contribution in [0.1, 0.15) is 75.3 Å². The van der Waals surface area contributed by atoms with Crippen molar-refractivity contribution in [3.8, 4) is 0 Å². The fourth-order valence-corrected chi connectivity index (χ4v) is 2.97. The van der Waals surface area contributed by atoms with Crippen molar-refractivity contribution in [2.24, 2.45) is 0 Å². The first kappa shape index (κ1) is 18.2. The van der Waals surface area contributed by atoms with Gasteiger partial charge in [-0.25, -0.2) is 0 Å². The third kappa shape index (κ3) is 4.91. The zero-order chi connectivity index (χ0) is 17.3. The van der Waals surface area contributed by atoms with Crippen molar-refractivity contribution in [1.29, 1.82) is 0 Å². The SMILES string of the molecule is CC(C)(C)NC[C@H](O)c1cc(C(F)(F)F)cnc1C1CCCC1. The Morgan fingerprint density at radius 3 is 2.39 bits per heavy atom. The van der Waals surface area contributed by atoms with E-state index in [9.17, 15) is 18.3 Å². The van der Waals surface area contributed by atoms with Crippen LogP contribution in [0.2, 0.25) is 0 Å². The first-order chi connectivity index (χ1) is 10.6. The maximum absolute atomic E-state index is 13.0. The summed E-state index contributed by atoms with van der Waals surface area (Å²) in [5, 5.41) is 13.6. The van der Waals surface area contributed by atoms with E-state index in [4.69, 9.17) is 0 Å². The lowest BCUT2D eigenvalue weighted by Gasteiger charge is -2.25. The Morgan fingerprint density at radius 1 is 1.26 bits per heavy atom. The Balaban J connectivity index is 2.31. The van der Waals surface area contributed by atoms with Crippen LogP contribution in [0.4, 0.5) is 13.2 Å². The van der Waals surface area contributed by atoms with Crippen LogP contribution in [0.3, 0.4) is 0 Å². The van der Waals surface area contributed by atoms with Gasteiger partial charge in [-0.05, 0) is 39.7 Å². The molecule has 0 aliphatic heterocycles. The monoisotopic (exact) mass is 330 g/mol. The van der Waals surface area contributed by atoms with Crippen molar-refractivity contribution in [1.82, 2.24) is 10.3 Å². The summed E-state index contributed by atoms with van der Waals surface area (Å²) in [5.74, 6) is 0.150. The van der Waals surface area contributed by atoms with Crippen LogP contribution in [0.5, 0.6) is 0 Å². The molecule has 2 rings (SSSR count). The molecule has 1 heterocycles. The number of hydrogen-bond donors (Lipinski definition) is 2. The average molecular weight is 330 g/mol. The molecule has 1 aromatic rings. The number of pyridine rings is 1. The fraction of sp³-hybridized carbons (Fsp3) is 0.706. The lowest BCUT2D eigenvalue weighted by Crippen LogP contribution is -2.38. The summed E-state index contributed by atoms with van der Waals surface area (Å²) >= 11 is 0. The number of aliphatic hydroxyl groups is 1. The summed E-state index contributed by atoms with van der Waals surface area (Å²) in [6, 6.07) is 1.07. The molecule has 1 fully saturated rings. The molecule has 0 unspecified atom stereocenters. The van der Waals surface area contributed by atoms with Crippen molar-refractivity contribution >= 4 is 0 Å². The molecule has 0 saturated heterocycles. The molecule has 6 heteroatoms. The number of aromatic nitrogens is 1. The second kappa shape index (κ2) is 6.77. The molecule has 1 atom stereocenters. The first-order valence-electron chi connectivity index (χ1n) is 8.08.